The number of anilines is 1. The van der Waals surface area contributed by atoms with Gasteiger partial charge in [-0.25, -0.2) is 0 Å². The molecule has 0 aliphatic heterocycles. The van der Waals surface area contributed by atoms with E-state index in [1.165, 1.54) is 6.42 Å². The number of methoxy groups -OCH3 is 1. The van der Waals surface area contributed by atoms with Crippen LogP contribution in [0.3, 0.4) is 0 Å². The zero-order valence-electron chi connectivity index (χ0n) is 13.4. The summed E-state index contributed by atoms with van der Waals surface area (Å²) >= 11 is 0. The average Bonchev–Trinajstić information content (AvgIpc) is 2.46. The Morgan fingerprint density at radius 2 is 2.00 bits per heavy atom. The molecule has 0 saturated carbocycles. The molecule has 0 amide bonds. The maximum atomic E-state index is 5.32. The Labute approximate surface area is 127 Å². The molecule has 114 valence electrons. The van der Waals surface area contributed by atoms with Crippen molar-refractivity contribution in [3.05, 3.63) is 30.0 Å². The van der Waals surface area contributed by atoms with Gasteiger partial charge in [-0.3, -0.25) is 4.98 Å². The average molecular weight is 287 g/mol. The fourth-order valence-corrected chi connectivity index (χ4v) is 2.39. The Bertz CT molecular complexity index is 596. The number of ether oxygens (including phenoxy) is 1. The number of aromatic nitrogens is 1. The Morgan fingerprint density at radius 1 is 1.19 bits per heavy atom. The van der Waals surface area contributed by atoms with Gasteiger partial charge in [-0.05, 0) is 64.7 Å². The summed E-state index contributed by atoms with van der Waals surface area (Å²) in [6, 6.07) is 8.12. The molecule has 0 atom stereocenters. The number of unbranched alkanes of at least 4 members (excludes halogenated alkanes) is 1. The van der Waals surface area contributed by atoms with E-state index in [1.807, 2.05) is 25.1 Å². The molecule has 4 nitrogen and oxygen atoms in total. The molecule has 2 aromatic rings. The summed E-state index contributed by atoms with van der Waals surface area (Å²) < 4.78 is 5.32. The molecular formula is C17H25N3O. The van der Waals surface area contributed by atoms with E-state index in [2.05, 4.69) is 35.4 Å². The molecule has 0 aliphatic rings. The first-order chi connectivity index (χ1) is 10.1. The standard InChI is InChI=1S/C17H25N3O/c1-13-11-17(18-9-5-6-10-20(2)3)15-12-14(21-4)7-8-16(15)19-13/h7-8,11-12H,5-6,9-10H2,1-4H3,(H,18,19). The topological polar surface area (TPSA) is 37.4 Å². The second kappa shape index (κ2) is 7.27. The Kier molecular flexibility index (Phi) is 5.39. The molecule has 0 bridgehead atoms. The second-order valence-electron chi connectivity index (χ2n) is 5.63. The number of pyridine rings is 1. The number of nitrogens with zero attached hydrogens (tertiary/aromatic N) is 2. The largest absolute Gasteiger partial charge is 0.497 e. The monoisotopic (exact) mass is 287 g/mol. The lowest BCUT2D eigenvalue weighted by molar-refractivity contribution is 0.396. The van der Waals surface area contributed by atoms with Gasteiger partial charge in [-0.2, -0.15) is 0 Å². The molecule has 1 aromatic carbocycles. The van der Waals surface area contributed by atoms with Crippen LogP contribution in [0.1, 0.15) is 18.5 Å². The van der Waals surface area contributed by atoms with E-state index in [9.17, 15) is 0 Å². The van der Waals surface area contributed by atoms with E-state index in [1.54, 1.807) is 7.11 Å². The summed E-state index contributed by atoms with van der Waals surface area (Å²) in [5, 5.41) is 4.66. The van der Waals surface area contributed by atoms with Gasteiger partial charge in [-0.15, -0.1) is 0 Å². The van der Waals surface area contributed by atoms with Crippen LogP contribution in [0.15, 0.2) is 24.3 Å². The van der Waals surface area contributed by atoms with Gasteiger partial charge < -0.3 is 15.0 Å². The smallest absolute Gasteiger partial charge is 0.119 e. The van der Waals surface area contributed by atoms with Gasteiger partial charge in [0.05, 0.1) is 12.6 Å². The van der Waals surface area contributed by atoms with Gasteiger partial charge in [-0.1, -0.05) is 0 Å². The van der Waals surface area contributed by atoms with Crippen LogP contribution in [0, 0.1) is 6.92 Å². The van der Waals surface area contributed by atoms with Crippen molar-refractivity contribution in [3.63, 3.8) is 0 Å². The van der Waals surface area contributed by atoms with Crippen molar-refractivity contribution >= 4 is 16.6 Å². The lowest BCUT2D eigenvalue weighted by atomic mass is 10.1. The van der Waals surface area contributed by atoms with E-state index in [0.717, 1.165) is 47.5 Å². The third kappa shape index (κ3) is 4.33. The minimum Gasteiger partial charge on any atom is -0.497 e. The molecule has 4 heteroatoms. The van der Waals surface area contributed by atoms with Crippen LogP contribution >= 0.6 is 0 Å². The molecule has 0 aliphatic carbocycles. The summed E-state index contributed by atoms with van der Waals surface area (Å²) in [5.74, 6) is 0.865. The van der Waals surface area contributed by atoms with Crippen LogP contribution in [0.25, 0.3) is 10.9 Å². The van der Waals surface area contributed by atoms with Crippen molar-refractivity contribution in [3.8, 4) is 5.75 Å². The molecule has 0 saturated heterocycles. The van der Waals surface area contributed by atoms with Crippen LogP contribution in [0.5, 0.6) is 5.75 Å². The quantitative estimate of drug-likeness (QED) is 0.793. The lowest BCUT2D eigenvalue weighted by Gasteiger charge is -2.13. The predicted molar refractivity (Wildman–Crippen MR) is 89.3 cm³/mol. The van der Waals surface area contributed by atoms with E-state index in [4.69, 9.17) is 4.74 Å². The summed E-state index contributed by atoms with van der Waals surface area (Å²) in [7, 11) is 5.91. The fraction of sp³-hybridized carbons (Fsp3) is 0.471. The van der Waals surface area contributed by atoms with E-state index >= 15 is 0 Å². The molecule has 0 fully saturated rings. The molecule has 0 unspecified atom stereocenters. The van der Waals surface area contributed by atoms with Crippen molar-refractivity contribution < 1.29 is 4.74 Å². The summed E-state index contributed by atoms with van der Waals surface area (Å²) in [5.41, 5.74) is 3.18. The number of benzene rings is 1. The maximum Gasteiger partial charge on any atom is 0.119 e. The van der Waals surface area contributed by atoms with Crippen molar-refractivity contribution in [2.75, 3.05) is 39.6 Å². The summed E-state index contributed by atoms with van der Waals surface area (Å²) in [6.07, 6.45) is 2.36. The number of fused-ring (bicyclic) bond motifs is 1. The van der Waals surface area contributed by atoms with Gasteiger partial charge in [0.25, 0.3) is 0 Å². The van der Waals surface area contributed by atoms with E-state index in [-0.39, 0.29) is 0 Å². The molecule has 21 heavy (non-hydrogen) atoms. The van der Waals surface area contributed by atoms with Crippen molar-refractivity contribution in [2.24, 2.45) is 0 Å². The van der Waals surface area contributed by atoms with Crippen LogP contribution in [-0.2, 0) is 0 Å². The van der Waals surface area contributed by atoms with Crippen molar-refractivity contribution in [1.82, 2.24) is 9.88 Å². The summed E-state index contributed by atoms with van der Waals surface area (Å²) in [6.45, 7) is 4.14. The Morgan fingerprint density at radius 3 is 2.71 bits per heavy atom. The van der Waals surface area contributed by atoms with Crippen LogP contribution in [-0.4, -0.2) is 44.2 Å². The number of nitrogens with one attached hydrogen (secondary N) is 1. The highest BCUT2D eigenvalue weighted by molar-refractivity contribution is 5.92. The van der Waals surface area contributed by atoms with Crippen molar-refractivity contribution in [2.45, 2.75) is 19.8 Å². The molecule has 1 N–H and O–H groups in total. The Balaban J connectivity index is 2.10. The van der Waals surface area contributed by atoms with Crippen LogP contribution < -0.4 is 10.1 Å². The Hall–Kier alpha value is -1.81. The first-order valence-electron chi connectivity index (χ1n) is 7.44. The number of aryl methyl sites for hydroxylation is 1. The first-order valence-corrected chi connectivity index (χ1v) is 7.44. The minimum absolute atomic E-state index is 0.865. The molecule has 1 aromatic heterocycles. The highest BCUT2D eigenvalue weighted by Crippen LogP contribution is 2.27. The van der Waals surface area contributed by atoms with Crippen LogP contribution in [0.2, 0.25) is 0 Å². The number of rotatable bonds is 7. The summed E-state index contributed by atoms with van der Waals surface area (Å²) in [4.78, 5) is 6.80. The van der Waals surface area contributed by atoms with Gasteiger partial charge in [0.1, 0.15) is 5.75 Å². The highest BCUT2D eigenvalue weighted by Gasteiger charge is 2.05. The van der Waals surface area contributed by atoms with E-state index < -0.39 is 0 Å². The fourth-order valence-electron chi connectivity index (χ4n) is 2.39. The maximum absolute atomic E-state index is 5.32. The molecule has 1 heterocycles. The molecular weight excluding hydrogens is 262 g/mol. The van der Waals surface area contributed by atoms with Gasteiger partial charge in [0, 0.05) is 23.3 Å². The predicted octanol–water partition coefficient (Wildman–Crippen LogP) is 3.31. The second-order valence-corrected chi connectivity index (χ2v) is 5.63. The number of hydrogen-bond acceptors (Lipinski definition) is 4. The molecule has 0 spiro atoms. The van der Waals surface area contributed by atoms with Crippen molar-refractivity contribution in [1.29, 1.82) is 0 Å². The third-order valence-corrected chi connectivity index (χ3v) is 3.49. The minimum atomic E-state index is 0.865. The first kappa shape index (κ1) is 15.6. The van der Waals surface area contributed by atoms with Crippen LogP contribution in [0.4, 0.5) is 5.69 Å². The molecule has 2 rings (SSSR count). The van der Waals surface area contributed by atoms with Gasteiger partial charge in [0.2, 0.25) is 0 Å². The zero-order chi connectivity index (χ0) is 15.2. The lowest BCUT2D eigenvalue weighted by Crippen LogP contribution is -2.14. The van der Waals surface area contributed by atoms with E-state index in [0.29, 0.717) is 0 Å². The van der Waals surface area contributed by atoms with Gasteiger partial charge in [0.15, 0.2) is 0 Å². The highest BCUT2D eigenvalue weighted by atomic mass is 16.5. The normalized spacial score (nSPS) is 11.1. The SMILES string of the molecule is COc1ccc2nc(C)cc(NCCCCN(C)C)c2c1. The zero-order valence-corrected chi connectivity index (χ0v) is 13.4. The van der Waals surface area contributed by atoms with Gasteiger partial charge >= 0.3 is 0 Å². The third-order valence-electron chi connectivity index (χ3n) is 3.49. The molecule has 0 radical (unpaired) electrons. The number of hydrogen-bond donors (Lipinski definition) is 1.